The second kappa shape index (κ2) is 10.2. The monoisotopic (exact) mass is 564 g/mol. The van der Waals surface area contributed by atoms with E-state index in [0.29, 0.717) is 34.1 Å². The number of hydrogen-bond donors (Lipinski definition) is 2. The van der Waals surface area contributed by atoms with Crippen LogP contribution in [-0.2, 0) is 33.1 Å². The van der Waals surface area contributed by atoms with Crippen molar-refractivity contribution in [1.29, 1.82) is 0 Å². The zero-order valence-corrected chi connectivity index (χ0v) is 22.0. The van der Waals surface area contributed by atoms with Gasteiger partial charge in [-0.1, -0.05) is 12.1 Å². The second-order valence-corrected chi connectivity index (χ2v) is 11.6. The van der Waals surface area contributed by atoms with Crippen molar-refractivity contribution in [3.05, 3.63) is 59.7 Å². The minimum Gasteiger partial charge on any atom is -0.495 e. The smallest absolute Gasteiger partial charge is 0.244 e. The van der Waals surface area contributed by atoms with Crippen LogP contribution in [0.3, 0.4) is 0 Å². The van der Waals surface area contributed by atoms with Crippen LogP contribution in [0.1, 0.15) is 11.1 Å². The molecule has 0 amide bonds. The van der Waals surface area contributed by atoms with Crippen molar-refractivity contribution in [1.82, 2.24) is 9.44 Å². The van der Waals surface area contributed by atoms with Crippen LogP contribution in [0.25, 0.3) is 0 Å². The number of hydrogen-bond acceptors (Lipinski definition) is 10. The van der Waals surface area contributed by atoms with Crippen LogP contribution < -0.4 is 37.9 Å². The molecule has 0 atom stereocenters. The third kappa shape index (κ3) is 5.15. The molecule has 0 aliphatic carbocycles. The van der Waals surface area contributed by atoms with Crippen molar-refractivity contribution in [3.8, 4) is 34.5 Å². The molecule has 38 heavy (non-hydrogen) atoms. The van der Waals surface area contributed by atoms with E-state index in [2.05, 4.69) is 9.44 Å². The van der Waals surface area contributed by atoms with Gasteiger partial charge in [-0.3, -0.25) is 0 Å². The highest BCUT2D eigenvalue weighted by Crippen LogP contribution is 2.36. The maximum absolute atomic E-state index is 13.3. The zero-order chi connectivity index (χ0) is 26.9. The molecule has 5 rings (SSSR count). The summed E-state index contributed by atoms with van der Waals surface area (Å²) in [6.07, 6.45) is 0. The van der Waals surface area contributed by atoms with Gasteiger partial charge < -0.3 is 28.4 Å². The number of rotatable bonds is 10. The molecule has 2 heterocycles. The normalized spacial score (nSPS) is 13.9. The molecule has 14 heteroatoms. The predicted molar refractivity (Wildman–Crippen MR) is 133 cm³/mol. The van der Waals surface area contributed by atoms with Gasteiger partial charge in [-0.15, -0.1) is 0 Å². The molecule has 3 aromatic carbocycles. The van der Waals surface area contributed by atoms with Crippen molar-refractivity contribution in [2.75, 3.05) is 27.8 Å². The standard InChI is InChI=1S/C24H24N2O10S2/c1-31-21-9-22(32-2)24(38(29,30)26-12-16-4-6-18-20(8-16)36-14-34-18)10-23(21)37(27,28)25-11-15-3-5-17-19(7-15)35-13-33-17/h3-10,25-26H,11-14H2,1-2H3. The summed E-state index contributed by atoms with van der Waals surface area (Å²) in [6.45, 7) is 0.0121. The minimum atomic E-state index is -4.22. The van der Waals surface area contributed by atoms with E-state index in [1.807, 2.05) is 0 Å². The van der Waals surface area contributed by atoms with Crippen molar-refractivity contribution in [2.24, 2.45) is 0 Å². The van der Waals surface area contributed by atoms with E-state index in [1.165, 1.54) is 20.3 Å². The van der Waals surface area contributed by atoms with Gasteiger partial charge in [0.15, 0.2) is 23.0 Å². The van der Waals surface area contributed by atoms with Crippen LogP contribution in [0, 0.1) is 0 Å². The fourth-order valence-electron chi connectivity index (χ4n) is 3.88. The Kier molecular flexibility index (Phi) is 6.96. The molecular formula is C24H24N2O10S2. The van der Waals surface area contributed by atoms with Crippen molar-refractivity contribution in [3.63, 3.8) is 0 Å². The molecule has 0 spiro atoms. The Hall–Kier alpha value is -3.72. The number of benzene rings is 3. The first-order valence-corrected chi connectivity index (χ1v) is 14.2. The van der Waals surface area contributed by atoms with Crippen LogP contribution in [0.5, 0.6) is 34.5 Å². The molecule has 2 N–H and O–H groups in total. The highest BCUT2D eigenvalue weighted by Gasteiger charge is 2.28. The van der Waals surface area contributed by atoms with E-state index in [4.69, 9.17) is 28.4 Å². The van der Waals surface area contributed by atoms with E-state index in [1.54, 1.807) is 36.4 Å². The summed E-state index contributed by atoms with van der Waals surface area (Å²) in [6, 6.07) is 12.3. The second-order valence-electron chi connectivity index (χ2n) is 8.18. The van der Waals surface area contributed by atoms with Gasteiger partial charge >= 0.3 is 0 Å². The first kappa shape index (κ1) is 25.9. The minimum absolute atomic E-state index is 0.0847. The topological polar surface area (TPSA) is 148 Å². The Morgan fingerprint density at radius 2 is 1.05 bits per heavy atom. The average molecular weight is 565 g/mol. The lowest BCUT2D eigenvalue weighted by Gasteiger charge is -2.16. The van der Waals surface area contributed by atoms with Crippen LogP contribution in [0.15, 0.2) is 58.3 Å². The van der Waals surface area contributed by atoms with Crippen molar-refractivity contribution >= 4 is 20.0 Å². The molecular weight excluding hydrogens is 540 g/mol. The van der Waals surface area contributed by atoms with Gasteiger partial charge in [0.1, 0.15) is 21.3 Å². The van der Waals surface area contributed by atoms with Gasteiger partial charge in [-0.25, -0.2) is 26.3 Å². The third-order valence-electron chi connectivity index (χ3n) is 5.84. The van der Waals surface area contributed by atoms with E-state index in [0.717, 1.165) is 6.07 Å². The van der Waals surface area contributed by atoms with Gasteiger partial charge in [0, 0.05) is 19.2 Å². The molecule has 0 unspecified atom stereocenters. The van der Waals surface area contributed by atoms with Crippen LogP contribution in [-0.4, -0.2) is 44.6 Å². The molecule has 0 aromatic heterocycles. The van der Waals surface area contributed by atoms with Gasteiger partial charge in [0.25, 0.3) is 0 Å². The number of fused-ring (bicyclic) bond motifs is 2. The van der Waals surface area contributed by atoms with Crippen molar-refractivity contribution in [2.45, 2.75) is 22.9 Å². The number of ether oxygens (including phenoxy) is 6. The van der Waals surface area contributed by atoms with Gasteiger partial charge in [-0.2, -0.15) is 0 Å². The van der Waals surface area contributed by atoms with Gasteiger partial charge in [-0.05, 0) is 41.5 Å². The molecule has 0 radical (unpaired) electrons. The SMILES string of the molecule is COc1cc(OC)c(S(=O)(=O)NCc2ccc3c(c2)OCO3)cc1S(=O)(=O)NCc1ccc2c(c1)OCO2. The molecule has 0 saturated heterocycles. The van der Waals surface area contributed by atoms with E-state index < -0.39 is 20.0 Å². The maximum atomic E-state index is 13.3. The first-order valence-electron chi connectivity index (χ1n) is 11.2. The summed E-state index contributed by atoms with van der Waals surface area (Å²) in [5, 5.41) is 0. The molecule has 0 saturated carbocycles. The zero-order valence-electron chi connectivity index (χ0n) is 20.3. The number of methoxy groups -OCH3 is 2. The summed E-state index contributed by atoms with van der Waals surface area (Å²) >= 11 is 0. The summed E-state index contributed by atoms with van der Waals surface area (Å²) in [7, 11) is -5.89. The molecule has 3 aromatic rings. The fourth-order valence-corrected chi connectivity index (χ4v) is 6.33. The summed E-state index contributed by atoms with van der Waals surface area (Å²) in [5.74, 6) is 1.97. The van der Waals surface area contributed by atoms with Gasteiger partial charge in [0.05, 0.1) is 14.2 Å². The maximum Gasteiger partial charge on any atom is 0.244 e. The van der Waals surface area contributed by atoms with Crippen LogP contribution in [0.4, 0.5) is 0 Å². The highest BCUT2D eigenvalue weighted by atomic mass is 32.2. The molecule has 202 valence electrons. The summed E-state index contributed by atoms with van der Waals surface area (Å²) in [5.41, 5.74) is 1.23. The first-order chi connectivity index (χ1) is 18.2. The third-order valence-corrected chi connectivity index (χ3v) is 8.68. The molecule has 2 aliphatic rings. The Morgan fingerprint density at radius 3 is 1.47 bits per heavy atom. The van der Waals surface area contributed by atoms with E-state index in [-0.39, 0.29) is 48.0 Å². The van der Waals surface area contributed by atoms with E-state index >= 15 is 0 Å². The lowest BCUT2D eigenvalue weighted by Crippen LogP contribution is -2.26. The van der Waals surface area contributed by atoms with Crippen molar-refractivity contribution < 1.29 is 45.3 Å². The Bertz CT molecular complexity index is 1480. The lowest BCUT2D eigenvalue weighted by molar-refractivity contribution is 0.173. The molecule has 12 nitrogen and oxygen atoms in total. The van der Waals surface area contributed by atoms with E-state index in [9.17, 15) is 16.8 Å². The quantitative estimate of drug-likeness (QED) is 0.375. The van der Waals surface area contributed by atoms with Crippen LogP contribution >= 0.6 is 0 Å². The van der Waals surface area contributed by atoms with Gasteiger partial charge in [0.2, 0.25) is 33.6 Å². The fraction of sp³-hybridized carbons (Fsp3) is 0.250. The molecule has 0 bridgehead atoms. The largest absolute Gasteiger partial charge is 0.495 e. The predicted octanol–water partition coefficient (Wildman–Crippen LogP) is 2.12. The summed E-state index contributed by atoms with van der Waals surface area (Å²) < 4.78 is 89.7. The Balaban J connectivity index is 1.40. The number of sulfonamides is 2. The average Bonchev–Trinajstić information content (AvgIpc) is 3.58. The molecule has 0 fully saturated rings. The molecule has 2 aliphatic heterocycles. The highest BCUT2D eigenvalue weighted by molar-refractivity contribution is 7.90. The summed E-state index contributed by atoms with van der Waals surface area (Å²) in [4.78, 5) is -0.741. The lowest BCUT2D eigenvalue weighted by atomic mass is 10.2. The number of nitrogens with one attached hydrogen (secondary N) is 2. The Labute approximate surface area is 219 Å². The Morgan fingerprint density at radius 1 is 0.632 bits per heavy atom. The van der Waals surface area contributed by atoms with Crippen LogP contribution in [0.2, 0.25) is 0 Å².